The van der Waals surface area contributed by atoms with E-state index in [0.717, 1.165) is 11.1 Å². The second kappa shape index (κ2) is 4.93. The Morgan fingerprint density at radius 3 is 2.84 bits per heavy atom. The van der Waals surface area contributed by atoms with Crippen molar-refractivity contribution in [3.63, 3.8) is 0 Å². The highest BCUT2D eigenvalue weighted by molar-refractivity contribution is 5.74. The third-order valence-electron chi connectivity index (χ3n) is 3.98. The van der Waals surface area contributed by atoms with Crippen LogP contribution in [-0.4, -0.2) is 29.1 Å². The molecule has 1 aromatic rings. The van der Waals surface area contributed by atoms with Gasteiger partial charge in [-0.05, 0) is 37.0 Å². The molecule has 1 heterocycles. The number of nitrogens with zero attached hydrogens (tertiary/aromatic N) is 1. The van der Waals surface area contributed by atoms with Crippen molar-refractivity contribution in [2.24, 2.45) is 0 Å². The highest BCUT2D eigenvalue weighted by atomic mass is 19.1. The van der Waals surface area contributed by atoms with E-state index in [1.807, 2.05) is 19.1 Å². The molecule has 0 bridgehead atoms. The highest BCUT2D eigenvalue weighted by Gasteiger charge is 2.32. The molecule has 1 amide bonds. The van der Waals surface area contributed by atoms with Gasteiger partial charge in [0.25, 0.3) is 0 Å². The molecule has 1 aliphatic heterocycles. The molecule has 104 valence electrons. The topological polar surface area (TPSA) is 40.5 Å². The molecule has 0 saturated carbocycles. The largest absolute Gasteiger partial charge is 0.383 e. The van der Waals surface area contributed by atoms with E-state index in [9.17, 15) is 14.3 Å². The van der Waals surface area contributed by atoms with Crippen LogP contribution >= 0.6 is 0 Å². The summed E-state index contributed by atoms with van der Waals surface area (Å²) in [5.41, 5.74) is 1.18. The maximum Gasteiger partial charge on any atom is 0.219 e. The van der Waals surface area contributed by atoms with E-state index in [1.54, 1.807) is 17.9 Å². The first kappa shape index (κ1) is 14.0. The van der Waals surface area contributed by atoms with E-state index >= 15 is 0 Å². The van der Waals surface area contributed by atoms with E-state index < -0.39 is 12.3 Å². The minimum absolute atomic E-state index is 0.0309. The lowest BCUT2D eigenvalue weighted by Gasteiger charge is -2.37. The second-order valence-electron chi connectivity index (χ2n) is 5.42. The van der Waals surface area contributed by atoms with Crippen molar-refractivity contribution in [3.05, 3.63) is 34.9 Å². The summed E-state index contributed by atoms with van der Waals surface area (Å²) in [5, 5.41) is 10.2. The first-order valence-corrected chi connectivity index (χ1v) is 6.56. The number of aliphatic hydroxyl groups is 1. The van der Waals surface area contributed by atoms with Gasteiger partial charge in [-0.3, -0.25) is 4.79 Å². The van der Waals surface area contributed by atoms with Gasteiger partial charge in [-0.15, -0.1) is 0 Å². The molecule has 1 aromatic carbocycles. The predicted molar refractivity (Wildman–Crippen MR) is 71.5 cm³/mol. The molecule has 0 aromatic heterocycles. The average Bonchev–Trinajstić information content (AvgIpc) is 2.38. The quantitative estimate of drug-likeness (QED) is 0.891. The van der Waals surface area contributed by atoms with Crippen LogP contribution in [0.5, 0.6) is 0 Å². The summed E-state index contributed by atoms with van der Waals surface area (Å²) in [7, 11) is 0. The van der Waals surface area contributed by atoms with E-state index in [2.05, 4.69) is 0 Å². The molecular weight excluding hydrogens is 245 g/mol. The van der Waals surface area contributed by atoms with Gasteiger partial charge < -0.3 is 10.0 Å². The van der Waals surface area contributed by atoms with Crippen molar-refractivity contribution in [1.29, 1.82) is 0 Å². The number of benzene rings is 1. The minimum Gasteiger partial charge on any atom is -0.383 e. The lowest BCUT2D eigenvalue weighted by molar-refractivity contribution is -0.131. The van der Waals surface area contributed by atoms with Crippen LogP contribution in [0.3, 0.4) is 0 Å². The Labute approximate surface area is 113 Å². The first-order chi connectivity index (χ1) is 8.88. The maximum absolute atomic E-state index is 13.0. The number of fused-ring (bicyclic) bond motifs is 1. The molecule has 0 radical (unpaired) electrons. The first-order valence-electron chi connectivity index (χ1n) is 6.56. The number of alkyl halides is 1. The van der Waals surface area contributed by atoms with Gasteiger partial charge in [0.15, 0.2) is 0 Å². The van der Waals surface area contributed by atoms with Crippen molar-refractivity contribution in [2.75, 3.05) is 13.2 Å². The summed E-state index contributed by atoms with van der Waals surface area (Å²) < 4.78 is 13.0. The molecule has 4 heteroatoms. The van der Waals surface area contributed by atoms with Gasteiger partial charge in [0.05, 0.1) is 6.04 Å². The summed E-state index contributed by atoms with van der Waals surface area (Å²) >= 11 is 0. The third-order valence-corrected chi connectivity index (χ3v) is 3.98. The standard InChI is InChI=1S/C15H20FNO2/c1-10-12-5-4-6-14(15(3,19)9-16)13(12)7-8-17(10)11(2)18/h4-6,10,19H,7-9H2,1-3H3/t10-,15+/m0/s1. The van der Waals surface area contributed by atoms with Crippen LogP contribution in [0.4, 0.5) is 4.39 Å². The zero-order valence-corrected chi connectivity index (χ0v) is 11.6. The van der Waals surface area contributed by atoms with Crippen molar-refractivity contribution in [3.8, 4) is 0 Å². The fraction of sp³-hybridized carbons (Fsp3) is 0.533. The van der Waals surface area contributed by atoms with Gasteiger partial charge in [-0.2, -0.15) is 0 Å². The Morgan fingerprint density at radius 2 is 2.26 bits per heavy atom. The number of carbonyl (C=O) groups is 1. The molecule has 1 N–H and O–H groups in total. The summed E-state index contributed by atoms with van der Waals surface area (Å²) in [5.74, 6) is 0.0424. The molecule has 0 spiro atoms. The predicted octanol–water partition coefficient (Wildman–Crippen LogP) is 2.33. The van der Waals surface area contributed by atoms with Crippen LogP contribution < -0.4 is 0 Å². The van der Waals surface area contributed by atoms with Gasteiger partial charge >= 0.3 is 0 Å². The van der Waals surface area contributed by atoms with Gasteiger partial charge in [0.1, 0.15) is 12.3 Å². The summed E-state index contributed by atoms with van der Waals surface area (Å²) in [4.78, 5) is 13.4. The Kier molecular flexibility index (Phi) is 3.63. The van der Waals surface area contributed by atoms with E-state index in [-0.39, 0.29) is 11.9 Å². The van der Waals surface area contributed by atoms with Crippen LogP contribution in [0, 0.1) is 0 Å². The molecule has 0 unspecified atom stereocenters. The van der Waals surface area contributed by atoms with Gasteiger partial charge in [-0.25, -0.2) is 4.39 Å². The molecule has 1 aliphatic rings. The lowest BCUT2D eigenvalue weighted by Crippen LogP contribution is -2.39. The van der Waals surface area contributed by atoms with Crippen LogP contribution in [0.2, 0.25) is 0 Å². The van der Waals surface area contributed by atoms with Gasteiger partial charge in [0.2, 0.25) is 5.91 Å². The smallest absolute Gasteiger partial charge is 0.219 e. The number of amides is 1. The number of hydrogen-bond donors (Lipinski definition) is 1. The van der Waals surface area contributed by atoms with Gasteiger partial charge in [-0.1, -0.05) is 18.2 Å². The minimum atomic E-state index is -1.45. The Balaban J connectivity index is 2.48. The Morgan fingerprint density at radius 1 is 1.58 bits per heavy atom. The number of carbonyl (C=O) groups excluding carboxylic acids is 1. The zero-order chi connectivity index (χ0) is 14.2. The fourth-order valence-electron chi connectivity index (χ4n) is 2.88. The Hall–Kier alpha value is -1.42. The molecular formula is C15H20FNO2. The summed E-state index contributed by atoms with van der Waals surface area (Å²) in [6, 6.07) is 5.51. The number of halogens is 1. The molecule has 0 saturated heterocycles. The number of rotatable bonds is 2. The van der Waals surface area contributed by atoms with E-state index in [0.29, 0.717) is 18.5 Å². The molecule has 0 fully saturated rings. The summed E-state index contributed by atoms with van der Waals surface area (Å²) in [6.45, 7) is 4.82. The summed E-state index contributed by atoms with van der Waals surface area (Å²) in [6.07, 6.45) is 0.658. The molecule has 2 atom stereocenters. The van der Waals surface area contributed by atoms with Crippen molar-refractivity contribution < 1.29 is 14.3 Å². The van der Waals surface area contributed by atoms with Gasteiger partial charge in [0, 0.05) is 13.5 Å². The van der Waals surface area contributed by atoms with Crippen LogP contribution in [0.25, 0.3) is 0 Å². The van der Waals surface area contributed by atoms with Crippen LogP contribution in [-0.2, 0) is 16.8 Å². The molecule has 3 nitrogen and oxygen atoms in total. The fourth-order valence-corrected chi connectivity index (χ4v) is 2.88. The van der Waals surface area contributed by atoms with Crippen molar-refractivity contribution in [2.45, 2.75) is 38.8 Å². The average molecular weight is 265 g/mol. The number of hydrogen-bond acceptors (Lipinski definition) is 2. The molecule has 19 heavy (non-hydrogen) atoms. The zero-order valence-electron chi connectivity index (χ0n) is 11.6. The second-order valence-corrected chi connectivity index (χ2v) is 5.42. The lowest BCUT2D eigenvalue weighted by atomic mass is 9.83. The molecule has 2 rings (SSSR count). The van der Waals surface area contributed by atoms with Crippen LogP contribution in [0.1, 0.15) is 43.5 Å². The monoisotopic (exact) mass is 265 g/mol. The van der Waals surface area contributed by atoms with E-state index in [1.165, 1.54) is 6.92 Å². The third kappa shape index (κ3) is 2.37. The van der Waals surface area contributed by atoms with E-state index in [4.69, 9.17) is 0 Å². The SMILES string of the molecule is CC(=O)N1CCc2c(cccc2[C@](C)(O)CF)[C@@H]1C. The van der Waals surface area contributed by atoms with Crippen molar-refractivity contribution >= 4 is 5.91 Å². The Bertz CT molecular complexity index is 499. The van der Waals surface area contributed by atoms with Crippen molar-refractivity contribution in [1.82, 2.24) is 4.90 Å². The highest BCUT2D eigenvalue weighted by Crippen LogP contribution is 2.35. The maximum atomic E-state index is 13.0. The van der Waals surface area contributed by atoms with Crippen LogP contribution in [0.15, 0.2) is 18.2 Å². The normalized spacial score (nSPS) is 21.7. The molecule has 0 aliphatic carbocycles.